The fourth-order valence-corrected chi connectivity index (χ4v) is 3.09. The number of aromatic hydroxyl groups is 1. The van der Waals surface area contributed by atoms with Crippen molar-refractivity contribution in [1.29, 1.82) is 0 Å². The molecule has 0 aliphatic heterocycles. The molecule has 3 rings (SSSR count). The first kappa shape index (κ1) is 25.7. The van der Waals surface area contributed by atoms with Gasteiger partial charge in [-0.1, -0.05) is 80.9 Å². The summed E-state index contributed by atoms with van der Waals surface area (Å²) in [6, 6.07) is 25.0. The normalized spacial score (nSPS) is 11.5. The smallest absolute Gasteiger partial charge is 0.308 e. The van der Waals surface area contributed by atoms with Crippen LogP contribution < -0.4 is 4.74 Å². The van der Waals surface area contributed by atoms with Gasteiger partial charge in [-0.05, 0) is 54.8 Å². The van der Waals surface area contributed by atoms with E-state index in [9.17, 15) is 9.90 Å². The quantitative estimate of drug-likeness (QED) is 0.210. The molecule has 0 fully saturated rings. The van der Waals surface area contributed by atoms with Crippen LogP contribution in [0.1, 0.15) is 57.7 Å². The predicted molar refractivity (Wildman–Crippen MR) is 130 cm³/mol. The predicted octanol–water partition coefficient (Wildman–Crippen LogP) is 7.28. The minimum Gasteiger partial charge on any atom is -0.508 e. The number of carbonyl (C=O) groups is 1. The number of rotatable bonds is 4. The van der Waals surface area contributed by atoms with Gasteiger partial charge < -0.3 is 9.84 Å². The Morgan fingerprint density at radius 1 is 0.903 bits per heavy atom. The number of carbonyl (C=O) groups excluding carboxylic acids is 1. The zero-order chi connectivity index (χ0) is 23.3. The van der Waals surface area contributed by atoms with Crippen LogP contribution in [0.15, 0.2) is 91.5 Å². The molecular formula is C28H34O3. The third-order valence-electron chi connectivity index (χ3n) is 4.49. The van der Waals surface area contributed by atoms with Crippen LogP contribution in [0.5, 0.6) is 11.5 Å². The van der Waals surface area contributed by atoms with Crippen LogP contribution in [0.2, 0.25) is 0 Å². The van der Waals surface area contributed by atoms with Gasteiger partial charge in [0.15, 0.2) is 0 Å². The Kier molecular flexibility index (Phi) is 10.8. The second-order valence-electron chi connectivity index (χ2n) is 7.27. The minimum absolute atomic E-state index is 0.240. The Morgan fingerprint density at radius 3 is 1.71 bits per heavy atom. The number of allylic oxidation sites excluding steroid dienone is 1. The van der Waals surface area contributed by atoms with E-state index in [2.05, 4.69) is 39.5 Å². The molecule has 0 radical (unpaired) electrons. The molecule has 0 saturated carbocycles. The molecule has 3 nitrogen and oxygen atoms in total. The first-order valence-corrected chi connectivity index (χ1v) is 10.5. The van der Waals surface area contributed by atoms with Gasteiger partial charge in [0.05, 0.1) is 0 Å². The van der Waals surface area contributed by atoms with Crippen LogP contribution in [0.3, 0.4) is 0 Å². The highest BCUT2D eigenvalue weighted by molar-refractivity contribution is 5.69. The van der Waals surface area contributed by atoms with Crippen molar-refractivity contribution in [3.63, 3.8) is 0 Å². The Bertz CT molecular complexity index is 913. The molecule has 3 heteroatoms. The lowest BCUT2D eigenvalue weighted by Gasteiger charge is -2.32. The third kappa shape index (κ3) is 7.45. The van der Waals surface area contributed by atoms with Crippen LogP contribution in [-0.2, 0) is 10.2 Å². The molecule has 3 aromatic carbocycles. The minimum atomic E-state index is -0.399. The molecule has 0 spiro atoms. The largest absolute Gasteiger partial charge is 0.508 e. The number of hydrogen-bond donors (Lipinski definition) is 1. The number of benzene rings is 3. The highest BCUT2D eigenvalue weighted by atomic mass is 16.5. The summed E-state index contributed by atoms with van der Waals surface area (Å²) in [4.78, 5) is 11.1. The molecule has 164 valence electrons. The molecule has 0 aromatic heterocycles. The van der Waals surface area contributed by atoms with E-state index in [1.165, 1.54) is 13.3 Å². The van der Waals surface area contributed by atoms with Crippen molar-refractivity contribution in [3.8, 4) is 11.5 Å². The molecular weight excluding hydrogens is 384 g/mol. The molecule has 1 unspecified atom stereocenters. The molecule has 0 bridgehead atoms. The van der Waals surface area contributed by atoms with E-state index in [1.54, 1.807) is 30.3 Å². The molecule has 3 aromatic rings. The molecule has 1 N–H and O–H groups in total. The van der Waals surface area contributed by atoms with Gasteiger partial charge in [-0.2, -0.15) is 0 Å². The van der Waals surface area contributed by atoms with Crippen molar-refractivity contribution in [1.82, 2.24) is 0 Å². The van der Waals surface area contributed by atoms with Gasteiger partial charge in [-0.25, -0.2) is 0 Å². The Hall–Kier alpha value is -3.33. The van der Waals surface area contributed by atoms with Crippen LogP contribution in [-0.4, -0.2) is 11.1 Å². The fraction of sp³-hybridized carbons (Fsp3) is 0.250. The topological polar surface area (TPSA) is 46.5 Å². The average molecular weight is 419 g/mol. The lowest BCUT2D eigenvalue weighted by molar-refractivity contribution is -0.131. The summed E-state index contributed by atoms with van der Waals surface area (Å²) in [5.41, 5.74) is 2.88. The second kappa shape index (κ2) is 13.1. The van der Waals surface area contributed by atoms with Gasteiger partial charge in [-0.3, -0.25) is 4.79 Å². The summed E-state index contributed by atoms with van der Waals surface area (Å²) in [7, 11) is 0. The van der Waals surface area contributed by atoms with Crippen molar-refractivity contribution in [3.05, 3.63) is 108 Å². The Balaban J connectivity index is 0.000000720. The first-order chi connectivity index (χ1) is 14.8. The summed E-state index contributed by atoms with van der Waals surface area (Å²) in [5, 5.41) is 9.64. The lowest BCUT2D eigenvalue weighted by atomic mass is 9.71. The number of hydrogen-bond acceptors (Lipinski definition) is 3. The maximum absolute atomic E-state index is 11.1. The van der Waals surface area contributed by atoms with Crippen molar-refractivity contribution < 1.29 is 14.6 Å². The van der Waals surface area contributed by atoms with Gasteiger partial charge in [0.2, 0.25) is 0 Å². The van der Waals surface area contributed by atoms with E-state index in [-0.39, 0.29) is 11.7 Å². The maximum Gasteiger partial charge on any atom is 0.308 e. The van der Waals surface area contributed by atoms with Crippen molar-refractivity contribution in [2.45, 2.75) is 46.5 Å². The van der Waals surface area contributed by atoms with E-state index < -0.39 is 5.41 Å². The van der Waals surface area contributed by atoms with E-state index >= 15 is 0 Å². The maximum atomic E-state index is 11.1. The Morgan fingerprint density at radius 2 is 1.29 bits per heavy atom. The summed E-state index contributed by atoms with van der Waals surface area (Å²) >= 11 is 0. The zero-order valence-electron chi connectivity index (χ0n) is 19.3. The zero-order valence-corrected chi connectivity index (χ0v) is 19.3. The summed E-state index contributed by atoms with van der Waals surface area (Å²) < 4.78 is 5.14. The molecule has 0 aliphatic rings. The molecule has 0 aliphatic carbocycles. The lowest BCUT2D eigenvalue weighted by Crippen LogP contribution is -2.25. The Labute approximate surface area is 187 Å². The van der Waals surface area contributed by atoms with Gasteiger partial charge in [0, 0.05) is 12.3 Å². The van der Waals surface area contributed by atoms with Gasteiger partial charge in [0.1, 0.15) is 11.5 Å². The van der Waals surface area contributed by atoms with E-state index in [0.29, 0.717) is 5.75 Å². The van der Waals surface area contributed by atoms with Crippen LogP contribution in [0.25, 0.3) is 0 Å². The number of esters is 1. The van der Waals surface area contributed by atoms with Gasteiger partial charge in [0.25, 0.3) is 0 Å². The summed E-state index contributed by atoms with van der Waals surface area (Å²) in [6.07, 6.45) is 3.00. The fourth-order valence-electron chi connectivity index (χ4n) is 3.09. The molecule has 0 saturated heterocycles. The van der Waals surface area contributed by atoms with Crippen LogP contribution >= 0.6 is 0 Å². The average Bonchev–Trinajstić information content (AvgIpc) is 2.75. The first-order valence-electron chi connectivity index (χ1n) is 10.5. The summed E-state index contributed by atoms with van der Waals surface area (Å²) in [5.74, 6) is 0.429. The highest BCUT2D eigenvalue weighted by Crippen LogP contribution is 2.39. The van der Waals surface area contributed by atoms with Crippen molar-refractivity contribution in [2.75, 3.05) is 0 Å². The van der Waals surface area contributed by atoms with Crippen LogP contribution in [0, 0.1) is 0 Å². The van der Waals surface area contributed by atoms with E-state index in [0.717, 1.165) is 16.7 Å². The SMILES string of the molecule is C=CC.CC(=O)Oc1ccc(C(C)(c2ccccc2)c2ccc(O)cc2)cc1.CCC. The molecule has 1 atom stereocenters. The van der Waals surface area contributed by atoms with Crippen molar-refractivity contribution in [2.24, 2.45) is 0 Å². The standard InChI is InChI=1S/C22H20O3.C3H8.C3H6/c1-16(23)25-21-14-10-19(11-15-21)22(2,17-6-4-3-5-7-17)18-8-12-20(24)13-9-18;2*1-3-2/h3-15,24H,1-2H3;3H2,1-2H3;3H,1H2,2H3. The third-order valence-corrected chi connectivity index (χ3v) is 4.49. The molecule has 31 heavy (non-hydrogen) atoms. The highest BCUT2D eigenvalue weighted by Gasteiger charge is 2.31. The number of phenolic OH excluding ortho intramolecular Hbond substituents is 1. The molecule has 0 heterocycles. The summed E-state index contributed by atoms with van der Waals surface area (Å²) in [6.45, 7) is 13.0. The number of ether oxygens (including phenoxy) is 1. The van der Waals surface area contributed by atoms with E-state index in [1.807, 2.05) is 49.4 Å². The van der Waals surface area contributed by atoms with Gasteiger partial charge in [-0.15, -0.1) is 6.58 Å². The van der Waals surface area contributed by atoms with Gasteiger partial charge >= 0.3 is 5.97 Å². The van der Waals surface area contributed by atoms with Crippen molar-refractivity contribution >= 4 is 5.97 Å². The molecule has 0 amide bonds. The number of phenols is 1. The second-order valence-corrected chi connectivity index (χ2v) is 7.27. The van der Waals surface area contributed by atoms with E-state index in [4.69, 9.17) is 4.74 Å². The van der Waals surface area contributed by atoms with Crippen LogP contribution in [0.4, 0.5) is 0 Å². The monoisotopic (exact) mass is 418 g/mol.